The predicted octanol–water partition coefficient (Wildman–Crippen LogP) is 2.26. The van der Waals surface area contributed by atoms with E-state index < -0.39 is 10.7 Å². The highest BCUT2D eigenvalue weighted by Crippen LogP contribution is 2.27. The van der Waals surface area contributed by atoms with E-state index in [0.717, 1.165) is 12.1 Å². The van der Waals surface area contributed by atoms with Crippen LogP contribution in [0.4, 0.5) is 15.8 Å². The Morgan fingerprint density at radius 3 is 2.78 bits per heavy atom. The average Bonchev–Trinajstić information content (AvgIpc) is 2.32. The molecule has 0 aliphatic heterocycles. The molecule has 0 radical (unpaired) electrons. The van der Waals surface area contributed by atoms with E-state index in [-0.39, 0.29) is 29.3 Å². The first-order valence-electron chi connectivity index (χ1n) is 5.33. The Labute approximate surface area is 109 Å². The average molecular weight is 274 g/mol. The van der Waals surface area contributed by atoms with Gasteiger partial charge in [0.15, 0.2) is 0 Å². The fourth-order valence-electron chi connectivity index (χ4n) is 1.55. The first-order valence-corrected chi connectivity index (χ1v) is 6.62. The number of nitrogens with zero attached hydrogens (tertiary/aromatic N) is 1. The van der Waals surface area contributed by atoms with Gasteiger partial charge in [-0.05, 0) is 25.3 Å². The third-order valence-corrected chi connectivity index (χ3v) is 3.74. The Morgan fingerprint density at radius 2 is 2.28 bits per heavy atom. The summed E-state index contributed by atoms with van der Waals surface area (Å²) in [4.78, 5) is 10.2. The Hall–Kier alpha value is -1.34. The zero-order chi connectivity index (χ0) is 13.7. The number of aliphatic hydroxyl groups excluding tert-OH is 1. The number of hydrogen-bond donors (Lipinski definition) is 2. The molecule has 0 bridgehead atoms. The van der Waals surface area contributed by atoms with Gasteiger partial charge in [0, 0.05) is 11.3 Å². The van der Waals surface area contributed by atoms with Crippen LogP contribution in [0.1, 0.15) is 6.92 Å². The maximum Gasteiger partial charge on any atom is 0.295 e. The molecule has 100 valence electrons. The highest BCUT2D eigenvalue weighted by Gasteiger charge is 2.20. The van der Waals surface area contributed by atoms with Crippen LogP contribution >= 0.6 is 11.8 Å². The van der Waals surface area contributed by atoms with Gasteiger partial charge in [-0.2, -0.15) is 11.8 Å². The van der Waals surface area contributed by atoms with Gasteiger partial charge in [-0.15, -0.1) is 0 Å². The molecule has 1 aromatic rings. The van der Waals surface area contributed by atoms with E-state index in [4.69, 9.17) is 5.11 Å². The number of benzene rings is 1. The number of hydrogen-bond acceptors (Lipinski definition) is 5. The summed E-state index contributed by atoms with van der Waals surface area (Å²) in [5.74, 6) is -0.650. The van der Waals surface area contributed by atoms with Gasteiger partial charge in [0.2, 0.25) is 0 Å². The Morgan fingerprint density at radius 1 is 1.61 bits per heavy atom. The van der Waals surface area contributed by atoms with Gasteiger partial charge in [0.05, 0.1) is 17.6 Å². The van der Waals surface area contributed by atoms with Crippen molar-refractivity contribution in [2.45, 2.75) is 18.2 Å². The molecule has 2 N–H and O–H groups in total. The van der Waals surface area contributed by atoms with E-state index in [1.54, 1.807) is 0 Å². The van der Waals surface area contributed by atoms with Gasteiger partial charge in [0.25, 0.3) is 5.69 Å². The van der Waals surface area contributed by atoms with Crippen LogP contribution in [0, 0.1) is 15.9 Å². The highest BCUT2D eigenvalue weighted by molar-refractivity contribution is 7.99. The zero-order valence-corrected chi connectivity index (χ0v) is 10.9. The molecular formula is C11H15FN2O3S. The van der Waals surface area contributed by atoms with Crippen molar-refractivity contribution in [3.05, 3.63) is 34.1 Å². The van der Waals surface area contributed by atoms with Gasteiger partial charge >= 0.3 is 0 Å². The van der Waals surface area contributed by atoms with Gasteiger partial charge in [-0.1, -0.05) is 0 Å². The van der Waals surface area contributed by atoms with Gasteiger partial charge in [-0.3, -0.25) is 10.1 Å². The minimum atomic E-state index is -0.650. The highest BCUT2D eigenvalue weighted by atomic mass is 32.2. The molecule has 0 saturated heterocycles. The van der Waals surface area contributed by atoms with E-state index >= 15 is 0 Å². The van der Waals surface area contributed by atoms with Crippen molar-refractivity contribution in [1.82, 2.24) is 0 Å². The number of rotatable bonds is 6. The molecule has 5 nitrogen and oxygen atoms in total. The summed E-state index contributed by atoms with van der Waals surface area (Å²) in [6.45, 7) is 1.77. The second kappa shape index (κ2) is 6.55. The van der Waals surface area contributed by atoms with Crippen molar-refractivity contribution >= 4 is 23.1 Å². The minimum Gasteiger partial charge on any atom is -0.395 e. The van der Waals surface area contributed by atoms with Crippen molar-refractivity contribution in [3.8, 4) is 0 Å². The topological polar surface area (TPSA) is 75.4 Å². The van der Waals surface area contributed by atoms with Crippen molar-refractivity contribution in [3.63, 3.8) is 0 Å². The molecule has 2 unspecified atom stereocenters. The van der Waals surface area contributed by atoms with Crippen molar-refractivity contribution in [1.29, 1.82) is 0 Å². The monoisotopic (exact) mass is 274 g/mol. The van der Waals surface area contributed by atoms with Crippen molar-refractivity contribution in [2.75, 3.05) is 18.2 Å². The predicted molar refractivity (Wildman–Crippen MR) is 70.5 cm³/mol. The molecule has 0 spiro atoms. The molecule has 0 aromatic heterocycles. The second-order valence-electron chi connectivity index (χ2n) is 3.81. The van der Waals surface area contributed by atoms with Gasteiger partial charge in [-0.25, -0.2) is 4.39 Å². The molecule has 0 aliphatic rings. The summed E-state index contributed by atoms with van der Waals surface area (Å²) in [6, 6.07) is 3.20. The maximum absolute atomic E-state index is 13.0. The first-order chi connectivity index (χ1) is 8.49. The first kappa shape index (κ1) is 14.7. The summed E-state index contributed by atoms with van der Waals surface area (Å²) >= 11 is 1.46. The standard InChI is InChI=1S/C11H15FN2O3S/c1-7(11(6-15)18-2)13-9-4-3-8(12)5-10(9)14(16)17/h3-5,7,11,13,15H,6H2,1-2H3. The summed E-state index contributed by atoms with van der Waals surface area (Å²) in [7, 11) is 0. The van der Waals surface area contributed by atoms with Crippen molar-refractivity contribution in [2.24, 2.45) is 0 Å². The molecule has 7 heteroatoms. The Balaban J connectivity index is 2.93. The van der Waals surface area contributed by atoms with E-state index in [1.807, 2.05) is 13.2 Å². The van der Waals surface area contributed by atoms with Crippen LogP contribution in [0.3, 0.4) is 0 Å². The van der Waals surface area contributed by atoms with Gasteiger partial charge < -0.3 is 10.4 Å². The van der Waals surface area contributed by atoms with Crippen molar-refractivity contribution < 1.29 is 14.4 Å². The largest absolute Gasteiger partial charge is 0.395 e. The third-order valence-electron chi connectivity index (χ3n) is 2.58. The van der Waals surface area contributed by atoms with Crippen LogP contribution in [-0.2, 0) is 0 Å². The quantitative estimate of drug-likeness (QED) is 0.614. The number of thioether (sulfide) groups is 1. The molecule has 2 atom stereocenters. The number of nitro groups is 1. The van der Waals surface area contributed by atoms with E-state index in [1.165, 1.54) is 17.8 Å². The number of nitro benzene ring substituents is 1. The minimum absolute atomic E-state index is 0.0374. The zero-order valence-electron chi connectivity index (χ0n) is 10.1. The normalized spacial score (nSPS) is 14.0. The number of anilines is 1. The Bertz CT molecular complexity index is 427. The molecule has 0 saturated carbocycles. The van der Waals surface area contributed by atoms with Gasteiger partial charge in [0.1, 0.15) is 11.5 Å². The Kier molecular flexibility index (Phi) is 5.36. The number of nitrogens with one attached hydrogen (secondary N) is 1. The fraction of sp³-hybridized carbons (Fsp3) is 0.455. The summed E-state index contributed by atoms with van der Waals surface area (Å²) in [5.41, 5.74) is -0.0546. The van der Waals surface area contributed by atoms with Crippen LogP contribution in [0.2, 0.25) is 0 Å². The fourth-order valence-corrected chi connectivity index (χ4v) is 2.18. The summed E-state index contributed by atoms with van der Waals surface area (Å²) in [6.07, 6.45) is 1.85. The molecule has 1 aromatic carbocycles. The van der Waals surface area contributed by atoms with Crippen LogP contribution in [-0.4, -0.2) is 34.2 Å². The molecule has 18 heavy (non-hydrogen) atoms. The lowest BCUT2D eigenvalue weighted by molar-refractivity contribution is -0.384. The smallest absolute Gasteiger partial charge is 0.295 e. The molecule has 0 heterocycles. The molecule has 0 amide bonds. The molecule has 0 fully saturated rings. The molecule has 1 rings (SSSR count). The SMILES string of the molecule is CSC(CO)C(C)Nc1ccc(F)cc1[N+](=O)[O-]. The van der Waals surface area contributed by atoms with Crippen LogP contribution in [0.5, 0.6) is 0 Å². The molecule has 0 aliphatic carbocycles. The van der Waals surface area contributed by atoms with Crippen LogP contribution in [0.15, 0.2) is 18.2 Å². The second-order valence-corrected chi connectivity index (χ2v) is 4.89. The van der Waals surface area contributed by atoms with E-state index in [9.17, 15) is 14.5 Å². The summed E-state index contributed by atoms with van der Waals surface area (Å²) in [5, 5.41) is 22.8. The summed E-state index contributed by atoms with van der Waals surface area (Å²) < 4.78 is 13.0. The maximum atomic E-state index is 13.0. The van der Waals surface area contributed by atoms with E-state index in [2.05, 4.69) is 5.32 Å². The molecular weight excluding hydrogens is 259 g/mol. The van der Waals surface area contributed by atoms with Crippen LogP contribution in [0.25, 0.3) is 0 Å². The lowest BCUT2D eigenvalue weighted by Crippen LogP contribution is -2.31. The number of halogens is 1. The lowest BCUT2D eigenvalue weighted by atomic mass is 10.2. The lowest BCUT2D eigenvalue weighted by Gasteiger charge is -2.22. The van der Waals surface area contributed by atoms with E-state index in [0.29, 0.717) is 0 Å². The number of aliphatic hydroxyl groups is 1. The third kappa shape index (κ3) is 3.58. The van der Waals surface area contributed by atoms with Crippen LogP contribution < -0.4 is 5.32 Å².